The highest BCUT2D eigenvalue weighted by Crippen LogP contribution is 2.26. The molecular formula is C13H21ClN2O2. The van der Waals surface area contributed by atoms with Gasteiger partial charge < -0.3 is 15.6 Å². The zero-order chi connectivity index (χ0) is 12.3. The minimum atomic E-state index is 0. The maximum atomic E-state index is 9.30. The molecule has 1 aromatic carbocycles. The van der Waals surface area contributed by atoms with E-state index in [-0.39, 0.29) is 25.1 Å². The molecule has 0 aromatic heterocycles. The highest BCUT2D eigenvalue weighted by Gasteiger charge is 2.24. The molecule has 1 aliphatic heterocycles. The molecule has 0 saturated carbocycles. The Kier molecular flexibility index (Phi) is 5.72. The molecule has 0 bridgehead atoms. The van der Waals surface area contributed by atoms with Crippen molar-refractivity contribution in [3.63, 3.8) is 0 Å². The summed E-state index contributed by atoms with van der Waals surface area (Å²) >= 11 is 0. The van der Waals surface area contributed by atoms with Gasteiger partial charge in [-0.2, -0.15) is 0 Å². The summed E-state index contributed by atoms with van der Waals surface area (Å²) in [7, 11) is 1.67. The molecule has 3 N–H and O–H groups in total. The topological polar surface area (TPSA) is 58.7 Å². The van der Waals surface area contributed by atoms with E-state index in [1.54, 1.807) is 7.11 Å². The first kappa shape index (κ1) is 15.1. The van der Waals surface area contributed by atoms with Gasteiger partial charge in [-0.05, 0) is 37.6 Å². The van der Waals surface area contributed by atoms with E-state index >= 15 is 0 Å². The molecule has 1 fully saturated rings. The van der Waals surface area contributed by atoms with Crippen molar-refractivity contribution in [1.29, 1.82) is 0 Å². The second-order valence-electron chi connectivity index (χ2n) is 4.52. The predicted molar refractivity (Wildman–Crippen MR) is 75.2 cm³/mol. The lowest BCUT2D eigenvalue weighted by molar-refractivity contribution is 0.152. The van der Waals surface area contributed by atoms with Crippen LogP contribution < -0.4 is 10.5 Å². The number of nitrogens with zero attached hydrogens (tertiary/aromatic N) is 1. The molecule has 102 valence electrons. The number of halogens is 1. The van der Waals surface area contributed by atoms with Crippen molar-refractivity contribution in [1.82, 2.24) is 4.90 Å². The molecule has 2 rings (SSSR count). The maximum Gasteiger partial charge on any atom is 0.123 e. The summed E-state index contributed by atoms with van der Waals surface area (Å²) in [5.41, 5.74) is 7.64. The fraction of sp³-hybridized carbons (Fsp3) is 0.538. The third-order valence-electron chi connectivity index (χ3n) is 3.39. The molecule has 0 unspecified atom stereocenters. The van der Waals surface area contributed by atoms with Gasteiger partial charge in [-0.25, -0.2) is 0 Å². The van der Waals surface area contributed by atoms with Crippen LogP contribution in [-0.2, 0) is 6.54 Å². The largest absolute Gasteiger partial charge is 0.496 e. The van der Waals surface area contributed by atoms with E-state index in [2.05, 4.69) is 4.90 Å². The quantitative estimate of drug-likeness (QED) is 0.819. The van der Waals surface area contributed by atoms with Crippen LogP contribution in [0.25, 0.3) is 0 Å². The molecule has 1 atom stereocenters. The normalized spacial score (nSPS) is 19.6. The van der Waals surface area contributed by atoms with Gasteiger partial charge in [0.1, 0.15) is 5.75 Å². The van der Waals surface area contributed by atoms with E-state index in [0.29, 0.717) is 0 Å². The van der Waals surface area contributed by atoms with Gasteiger partial charge in [0, 0.05) is 23.8 Å². The van der Waals surface area contributed by atoms with Crippen molar-refractivity contribution >= 4 is 18.1 Å². The Morgan fingerprint density at radius 3 is 2.94 bits per heavy atom. The van der Waals surface area contributed by atoms with Crippen LogP contribution >= 0.6 is 12.4 Å². The van der Waals surface area contributed by atoms with Crippen molar-refractivity contribution in [3.8, 4) is 5.75 Å². The molecule has 1 saturated heterocycles. The molecule has 0 aliphatic carbocycles. The summed E-state index contributed by atoms with van der Waals surface area (Å²) in [6.07, 6.45) is 2.22. The fourth-order valence-electron chi connectivity index (χ4n) is 2.45. The second kappa shape index (κ2) is 6.83. The Labute approximate surface area is 114 Å². The summed E-state index contributed by atoms with van der Waals surface area (Å²) in [6.45, 7) is 2.05. The predicted octanol–water partition coefficient (Wildman–Crippen LogP) is 1.66. The molecule has 0 amide bonds. The van der Waals surface area contributed by atoms with Crippen LogP contribution in [0.5, 0.6) is 5.75 Å². The van der Waals surface area contributed by atoms with Gasteiger partial charge in [-0.1, -0.05) is 0 Å². The summed E-state index contributed by atoms with van der Waals surface area (Å²) in [4.78, 5) is 2.29. The molecule has 5 heteroatoms. The van der Waals surface area contributed by atoms with E-state index in [1.165, 1.54) is 0 Å². The van der Waals surface area contributed by atoms with Gasteiger partial charge >= 0.3 is 0 Å². The number of nitrogens with two attached hydrogens (primary N) is 1. The Bertz CT molecular complexity index is 387. The fourth-order valence-corrected chi connectivity index (χ4v) is 2.45. The standard InChI is InChI=1S/C13H20N2O2.ClH/c1-17-13-5-4-11(14)7-10(13)8-15-6-2-3-12(15)9-16;/h4-5,7,12,16H,2-3,6,8-9,14H2,1H3;1H/t12-;/m1./s1. The van der Waals surface area contributed by atoms with Crippen LogP contribution in [0.2, 0.25) is 0 Å². The number of benzene rings is 1. The Morgan fingerprint density at radius 1 is 1.50 bits per heavy atom. The molecule has 1 aromatic rings. The number of likely N-dealkylation sites (tertiary alicyclic amines) is 1. The van der Waals surface area contributed by atoms with E-state index in [1.807, 2.05) is 18.2 Å². The second-order valence-corrected chi connectivity index (χ2v) is 4.52. The Balaban J connectivity index is 0.00000162. The number of anilines is 1. The van der Waals surface area contributed by atoms with Crippen LogP contribution in [0.3, 0.4) is 0 Å². The minimum absolute atomic E-state index is 0. The van der Waals surface area contributed by atoms with Gasteiger partial charge in [0.2, 0.25) is 0 Å². The van der Waals surface area contributed by atoms with E-state index < -0.39 is 0 Å². The van der Waals surface area contributed by atoms with Crippen molar-refractivity contribution < 1.29 is 9.84 Å². The van der Waals surface area contributed by atoms with Crippen LogP contribution in [0.1, 0.15) is 18.4 Å². The van der Waals surface area contributed by atoms with Gasteiger partial charge in [-0.3, -0.25) is 4.90 Å². The van der Waals surface area contributed by atoms with Crippen LogP contribution in [-0.4, -0.2) is 36.3 Å². The summed E-state index contributed by atoms with van der Waals surface area (Å²) < 4.78 is 5.33. The van der Waals surface area contributed by atoms with E-state index in [0.717, 1.165) is 42.9 Å². The summed E-state index contributed by atoms with van der Waals surface area (Å²) in [5.74, 6) is 0.864. The lowest BCUT2D eigenvalue weighted by atomic mass is 10.1. The first-order valence-corrected chi connectivity index (χ1v) is 6.02. The molecular weight excluding hydrogens is 252 g/mol. The molecule has 1 heterocycles. The lowest BCUT2D eigenvalue weighted by Gasteiger charge is -2.23. The first-order chi connectivity index (χ1) is 8.24. The number of methoxy groups -OCH3 is 1. The highest BCUT2D eigenvalue weighted by molar-refractivity contribution is 5.85. The average Bonchev–Trinajstić information content (AvgIpc) is 2.77. The van der Waals surface area contributed by atoms with E-state index in [4.69, 9.17) is 10.5 Å². The monoisotopic (exact) mass is 272 g/mol. The van der Waals surface area contributed by atoms with Gasteiger partial charge in [0.25, 0.3) is 0 Å². The molecule has 0 radical (unpaired) electrons. The summed E-state index contributed by atoms with van der Waals surface area (Å²) in [6, 6.07) is 5.97. The maximum absolute atomic E-state index is 9.30. The van der Waals surface area contributed by atoms with Gasteiger partial charge in [0.15, 0.2) is 0 Å². The van der Waals surface area contributed by atoms with Gasteiger partial charge in [0.05, 0.1) is 13.7 Å². The number of aliphatic hydroxyl groups is 1. The number of rotatable bonds is 4. The first-order valence-electron chi connectivity index (χ1n) is 6.02. The zero-order valence-electron chi connectivity index (χ0n) is 10.6. The van der Waals surface area contributed by atoms with Crippen molar-refractivity contribution in [2.24, 2.45) is 0 Å². The van der Waals surface area contributed by atoms with Crippen molar-refractivity contribution in [3.05, 3.63) is 23.8 Å². The van der Waals surface area contributed by atoms with E-state index in [9.17, 15) is 5.11 Å². The summed E-state index contributed by atoms with van der Waals surface area (Å²) in [5, 5.41) is 9.30. The van der Waals surface area contributed by atoms with Crippen molar-refractivity contribution in [2.45, 2.75) is 25.4 Å². The Hall–Kier alpha value is -0.970. The zero-order valence-corrected chi connectivity index (χ0v) is 11.4. The third-order valence-corrected chi connectivity index (χ3v) is 3.39. The number of hydrogen-bond donors (Lipinski definition) is 2. The number of nitrogen functional groups attached to an aromatic ring is 1. The number of aliphatic hydroxyl groups excluding tert-OH is 1. The molecule has 4 nitrogen and oxygen atoms in total. The number of ether oxygens (including phenoxy) is 1. The van der Waals surface area contributed by atoms with Crippen LogP contribution in [0.15, 0.2) is 18.2 Å². The third kappa shape index (κ3) is 3.28. The smallest absolute Gasteiger partial charge is 0.123 e. The van der Waals surface area contributed by atoms with Crippen LogP contribution in [0.4, 0.5) is 5.69 Å². The number of hydrogen-bond acceptors (Lipinski definition) is 4. The lowest BCUT2D eigenvalue weighted by Crippen LogP contribution is -2.31. The molecule has 0 spiro atoms. The average molecular weight is 273 g/mol. The molecule has 18 heavy (non-hydrogen) atoms. The Morgan fingerprint density at radius 2 is 2.28 bits per heavy atom. The van der Waals surface area contributed by atoms with Crippen molar-refractivity contribution in [2.75, 3.05) is 26.0 Å². The minimum Gasteiger partial charge on any atom is -0.496 e. The van der Waals surface area contributed by atoms with Crippen LogP contribution in [0, 0.1) is 0 Å². The molecule has 1 aliphatic rings. The highest BCUT2D eigenvalue weighted by atomic mass is 35.5. The SMILES string of the molecule is COc1ccc(N)cc1CN1CCC[C@@H]1CO.Cl. The van der Waals surface area contributed by atoms with Gasteiger partial charge in [-0.15, -0.1) is 12.4 Å².